The van der Waals surface area contributed by atoms with Gasteiger partial charge in [-0.25, -0.2) is 5.01 Å². The minimum atomic E-state index is -0.906. The molecule has 0 bridgehead atoms. The van der Waals surface area contributed by atoms with Crippen LogP contribution in [-0.2, 0) is 19.4 Å². The Morgan fingerprint density at radius 1 is 1.00 bits per heavy atom. The molecule has 3 heterocycles. The second-order valence-electron chi connectivity index (χ2n) is 8.93. The van der Waals surface area contributed by atoms with Crippen molar-refractivity contribution in [3.8, 4) is 11.1 Å². The topological polar surface area (TPSA) is 61.1 Å². The van der Waals surface area contributed by atoms with Gasteiger partial charge in [0, 0.05) is 41.5 Å². The molecule has 2 aliphatic rings. The summed E-state index contributed by atoms with van der Waals surface area (Å²) in [7, 11) is 1.83. The van der Waals surface area contributed by atoms with Gasteiger partial charge in [-0.1, -0.05) is 41.4 Å². The number of anilines is 1. The minimum Gasteiger partial charge on any atom is -0.355 e. The summed E-state index contributed by atoms with van der Waals surface area (Å²) in [6.45, 7) is 0.679. The number of pyridine rings is 1. The molecule has 0 amide bonds. The summed E-state index contributed by atoms with van der Waals surface area (Å²) < 4.78 is 1.86. The molecule has 3 aromatic carbocycles. The van der Waals surface area contributed by atoms with Crippen LogP contribution in [-0.4, -0.2) is 33.8 Å². The number of aliphatic hydroxyl groups excluding tert-OH is 1. The predicted octanol–water partition coefficient (Wildman–Crippen LogP) is 5.12. The molecule has 6 rings (SSSR count). The molecule has 2 aliphatic heterocycles. The first kappa shape index (κ1) is 22.2. The Bertz CT molecular complexity index is 1550. The lowest BCUT2D eigenvalue weighted by Gasteiger charge is -2.24. The number of hydrogen-bond acceptors (Lipinski definition) is 5. The number of halogens is 2. The molecule has 8 heteroatoms. The molecule has 1 atom stereocenters. The van der Waals surface area contributed by atoms with Crippen LogP contribution in [0.5, 0.6) is 0 Å². The average molecular weight is 505 g/mol. The minimum absolute atomic E-state index is 0.00980. The highest BCUT2D eigenvalue weighted by Crippen LogP contribution is 2.34. The molecule has 35 heavy (non-hydrogen) atoms. The molecule has 0 aliphatic carbocycles. The summed E-state index contributed by atoms with van der Waals surface area (Å²) >= 11 is 12.1. The maximum Gasteiger partial charge on any atom is 0.251 e. The molecule has 4 aromatic rings. The second-order valence-corrected chi connectivity index (χ2v) is 9.80. The first-order valence-electron chi connectivity index (χ1n) is 11.4. The smallest absolute Gasteiger partial charge is 0.251 e. The SMILES string of the molecule is CN1C(Cc2cc3c4c(c2)c(-c2ccc(Cl)cc2)cc(=O)n4CC3)=NN(c2ccc(Cl)cc2)C1O. The van der Waals surface area contributed by atoms with Crippen LogP contribution in [0.1, 0.15) is 11.1 Å². The largest absolute Gasteiger partial charge is 0.355 e. The number of hydrogen-bond donors (Lipinski definition) is 1. The third-order valence-electron chi connectivity index (χ3n) is 6.75. The van der Waals surface area contributed by atoms with Gasteiger partial charge in [0.2, 0.25) is 6.35 Å². The van der Waals surface area contributed by atoms with Gasteiger partial charge in [-0.05, 0) is 71.1 Å². The maximum absolute atomic E-state index is 12.9. The van der Waals surface area contributed by atoms with Crippen molar-refractivity contribution in [2.75, 3.05) is 12.1 Å². The van der Waals surface area contributed by atoms with E-state index in [1.807, 2.05) is 48.0 Å². The van der Waals surface area contributed by atoms with Gasteiger partial charge in [0.25, 0.3) is 5.56 Å². The van der Waals surface area contributed by atoms with Gasteiger partial charge in [0.05, 0.1) is 11.2 Å². The number of aryl methyl sites for hydroxylation is 2. The zero-order chi connectivity index (χ0) is 24.3. The molecule has 0 spiro atoms. The fourth-order valence-corrected chi connectivity index (χ4v) is 5.21. The van der Waals surface area contributed by atoms with Crippen LogP contribution in [0.3, 0.4) is 0 Å². The molecule has 1 unspecified atom stereocenters. The summed E-state index contributed by atoms with van der Waals surface area (Å²) in [5.74, 6) is 0.748. The van der Waals surface area contributed by atoms with E-state index in [2.05, 4.69) is 12.1 Å². The monoisotopic (exact) mass is 504 g/mol. The lowest BCUT2D eigenvalue weighted by molar-refractivity contribution is 0.0802. The van der Waals surface area contributed by atoms with Gasteiger partial charge in [0.15, 0.2) is 0 Å². The average Bonchev–Trinajstić information content (AvgIpc) is 3.40. The quantitative estimate of drug-likeness (QED) is 0.419. The van der Waals surface area contributed by atoms with Crippen molar-refractivity contribution in [2.24, 2.45) is 5.10 Å². The number of rotatable bonds is 4. The highest BCUT2D eigenvalue weighted by atomic mass is 35.5. The Hall–Kier alpha value is -3.32. The zero-order valence-corrected chi connectivity index (χ0v) is 20.5. The van der Waals surface area contributed by atoms with Gasteiger partial charge >= 0.3 is 0 Å². The summed E-state index contributed by atoms with van der Waals surface area (Å²) in [5, 5.41) is 19.4. The Morgan fingerprint density at radius 2 is 1.69 bits per heavy atom. The summed E-state index contributed by atoms with van der Waals surface area (Å²) in [4.78, 5) is 14.6. The number of nitrogens with zero attached hydrogens (tertiary/aromatic N) is 4. The van der Waals surface area contributed by atoms with Crippen molar-refractivity contribution in [1.82, 2.24) is 9.47 Å². The Morgan fingerprint density at radius 3 is 2.40 bits per heavy atom. The van der Waals surface area contributed by atoms with Crippen LogP contribution in [0.15, 0.2) is 76.6 Å². The number of likely N-dealkylation sites (N-methyl/N-ethyl adjacent to an activating group) is 1. The van der Waals surface area contributed by atoms with Gasteiger partial charge in [-0.2, -0.15) is 5.10 Å². The molecule has 1 aromatic heterocycles. The zero-order valence-electron chi connectivity index (χ0n) is 18.9. The molecule has 176 valence electrons. The highest BCUT2D eigenvalue weighted by Gasteiger charge is 2.31. The van der Waals surface area contributed by atoms with E-state index >= 15 is 0 Å². The highest BCUT2D eigenvalue weighted by molar-refractivity contribution is 6.31. The van der Waals surface area contributed by atoms with Crippen LogP contribution in [0, 0.1) is 0 Å². The molecule has 0 saturated heterocycles. The number of aromatic nitrogens is 1. The number of aliphatic hydroxyl groups is 1. The van der Waals surface area contributed by atoms with Gasteiger partial charge < -0.3 is 14.6 Å². The molecule has 0 radical (unpaired) electrons. The van der Waals surface area contributed by atoms with Crippen molar-refractivity contribution < 1.29 is 5.11 Å². The van der Waals surface area contributed by atoms with Crippen LogP contribution in [0.25, 0.3) is 22.0 Å². The third kappa shape index (κ3) is 3.78. The van der Waals surface area contributed by atoms with Crippen LogP contribution in [0.2, 0.25) is 10.0 Å². The standard InChI is InChI=1S/C27H22Cl2N4O2/c1-31-24(30-33(27(31)35)21-8-6-20(29)7-9-21)14-16-12-18-10-11-32-25(34)15-22(23(13-16)26(18)32)17-2-4-19(28)5-3-17/h2-9,12-13,15,27,35H,10-11,14H2,1H3. The van der Waals surface area contributed by atoms with E-state index in [-0.39, 0.29) is 5.56 Å². The molecular formula is C27H22Cl2N4O2. The van der Waals surface area contributed by atoms with Crippen molar-refractivity contribution in [2.45, 2.75) is 25.7 Å². The van der Waals surface area contributed by atoms with Crippen molar-refractivity contribution in [1.29, 1.82) is 0 Å². The summed E-state index contributed by atoms with van der Waals surface area (Å²) in [6.07, 6.45) is 0.447. The van der Waals surface area contributed by atoms with Crippen molar-refractivity contribution in [3.63, 3.8) is 0 Å². The van der Waals surface area contributed by atoms with E-state index in [1.165, 1.54) is 0 Å². The predicted molar refractivity (Wildman–Crippen MR) is 141 cm³/mol. The van der Waals surface area contributed by atoms with Gasteiger partial charge in [0.1, 0.15) is 5.84 Å². The Balaban J connectivity index is 1.43. The van der Waals surface area contributed by atoms with E-state index in [4.69, 9.17) is 28.3 Å². The van der Waals surface area contributed by atoms with Crippen LogP contribution in [0.4, 0.5) is 5.69 Å². The molecule has 6 nitrogen and oxygen atoms in total. The molecular weight excluding hydrogens is 483 g/mol. The van der Waals surface area contributed by atoms with Crippen molar-refractivity contribution >= 4 is 45.6 Å². The number of hydrazone groups is 1. The van der Waals surface area contributed by atoms with E-state index in [0.717, 1.165) is 51.1 Å². The lowest BCUT2D eigenvalue weighted by atomic mass is 9.96. The van der Waals surface area contributed by atoms with Crippen LogP contribution < -0.4 is 10.6 Å². The van der Waals surface area contributed by atoms with Crippen LogP contribution >= 0.6 is 23.2 Å². The second kappa shape index (κ2) is 8.41. The molecule has 0 fully saturated rings. The lowest BCUT2D eigenvalue weighted by Crippen LogP contribution is -2.39. The number of benzene rings is 3. The number of amidine groups is 1. The van der Waals surface area contributed by atoms with E-state index in [1.54, 1.807) is 28.1 Å². The molecule has 1 N–H and O–H groups in total. The summed E-state index contributed by atoms with van der Waals surface area (Å²) in [6, 6.07) is 20.8. The molecule has 0 saturated carbocycles. The fraction of sp³-hybridized carbons (Fsp3) is 0.185. The van der Waals surface area contributed by atoms with Gasteiger partial charge in [-0.15, -0.1) is 0 Å². The Kier molecular flexibility index (Phi) is 5.33. The summed E-state index contributed by atoms with van der Waals surface area (Å²) in [5.41, 5.74) is 5.84. The Labute approximate surface area is 212 Å². The first-order chi connectivity index (χ1) is 16.9. The van der Waals surface area contributed by atoms with Crippen molar-refractivity contribution in [3.05, 3.63) is 98.3 Å². The normalized spacial score (nSPS) is 16.9. The van der Waals surface area contributed by atoms with Gasteiger partial charge in [-0.3, -0.25) is 4.79 Å². The van der Waals surface area contributed by atoms with E-state index < -0.39 is 6.35 Å². The van der Waals surface area contributed by atoms with E-state index in [0.29, 0.717) is 23.0 Å². The third-order valence-corrected chi connectivity index (χ3v) is 7.26. The van der Waals surface area contributed by atoms with E-state index in [9.17, 15) is 9.90 Å². The maximum atomic E-state index is 12.9. The first-order valence-corrected chi connectivity index (χ1v) is 12.1. The fourth-order valence-electron chi connectivity index (χ4n) is 4.96.